The monoisotopic (exact) mass is 199 g/mol. The Morgan fingerprint density at radius 2 is 2.23 bits per heavy atom. The van der Waals surface area contributed by atoms with Gasteiger partial charge in [0.2, 0.25) is 5.91 Å². The van der Waals surface area contributed by atoms with Crippen LogP contribution in [-0.2, 0) is 4.79 Å². The number of thiazole rings is 1. The molecule has 0 atom stereocenters. The number of carbonyl (C=O) groups excluding carboxylic acids is 1. The minimum absolute atomic E-state index is 0.0366. The smallest absolute Gasteiger partial charge is 0.239 e. The summed E-state index contributed by atoms with van der Waals surface area (Å²) in [7, 11) is 1.61. The molecule has 1 heterocycles. The molecule has 0 radical (unpaired) electrons. The summed E-state index contributed by atoms with van der Waals surface area (Å²) in [5, 5.41) is 6.29. The first-order chi connectivity index (χ1) is 6.13. The van der Waals surface area contributed by atoms with Crippen LogP contribution in [0.1, 0.15) is 10.6 Å². The summed E-state index contributed by atoms with van der Waals surface area (Å²) in [4.78, 5) is 16.3. The van der Waals surface area contributed by atoms with Gasteiger partial charge in [-0.25, -0.2) is 4.98 Å². The number of hydrogen-bond donors (Lipinski definition) is 2. The first kappa shape index (κ1) is 9.98. The lowest BCUT2D eigenvalue weighted by Crippen LogP contribution is -2.26. The Labute approximate surface area is 81.4 Å². The second kappa shape index (κ2) is 4.23. The van der Waals surface area contributed by atoms with E-state index >= 15 is 0 Å². The molecule has 5 heteroatoms. The zero-order valence-corrected chi connectivity index (χ0v) is 8.79. The van der Waals surface area contributed by atoms with Crippen molar-refractivity contribution in [1.82, 2.24) is 10.3 Å². The van der Waals surface area contributed by atoms with Crippen LogP contribution in [0.4, 0.5) is 5.13 Å². The van der Waals surface area contributed by atoms with Gasteiger partial charge < -0.3 is 10.6 Å². The number of aromatic nitrogens is 1. The summed E-state index contributed by atoms with van der Waals surface area (Å²) in [5.41, 5.74) is 1.02. The van der Waals surface area contributed by atoms with Gasteiger partial charge in [-0.3, -0.25) is 4.79 Å². The molecule has 1 aromatic heterocycles. The van der Waals surface area contributed by atoms with Gasteiger partial charge in [0.15, 0.2) is 5.13 Å². The average molecular weight is 199 g/mol. The second-order valence-corrected chi connectivity index (χ2v) is 3.89. The molecule has 1 aromatic rings. The van der Waals surface area contributed by atoms with Crippen LogP contribution in [0.25, 0.3) is 0 Å². The molecule has 0 spiro atoms. The quantitative estimate of drug-likeness (QED) is 0.761. The van der Waals surface area contributed by atoms with Gasteiger partial charge in [0.25, 0.3) is 0 Å². The van der Waals surface area contributed by atoms with Crippen molar-refractivity contribution in [1.29, 1.82) is 0 Å². The SMILES string of the molecule is CNC(=O)CNc1nc(C)c(C)s1. The van der Waals surface area contributed by atoms with Crippen molar-refractivity contribution < 1.29 is 4.79 Å². The molecule has 1 rings (SSSR count). The van der Waals surface area contributed by atoms with E-state index in [1.165, 1.54) is 4.88 Å². The average Bonchev–Trinajstić information content (AvgIpc) is 2.42. The molecule has 0 saturated carbocycles. The zero-order valence-electron chi connectivity index (χ0n) is 7.97. The summed E-state index contributed by atoms with van der Waals surface area (Å²) in [6, 6.07) is 0. The minimum Gasteiger partial charge on any atom is -0.358 e. The fourth-order valence-corrected chi connectivity index (χ4v) is 1.60. The fourth-order valence-electron chi connectivity index (χ4n) is 0.793. The van der Waals surface area contributed by atoms with Gasteiger partial charge in [0, 0.05) is 11.9 Å². The van der Waals surface area contributed by atoms with Crippen molar-refractivity contribution in [3.05, 3.63) is 10.6 Å². The highest BCUT2D eigenvalue weighted by Crippen LogP contribution is 2.20. The van der Waals surface area contributed by atoms with Crippen molar-refractivity contribution >= 4 is 22.4 Å². The maximum atomic E-state index is 10.9. The number of aryl methyl sites for hydroxylation is 2. The van der Waals surface area contributed by atoms with Crippen LogP contribution in [0, 0.1) is 13.8 Å². The Bertz CT molecular complexity index is 289. The number of hydrogen-bond acceptors (Lipinski definition) is 4. The van der Waals surface area contributed by atoms with Gasteiger partial charge in [-0.15, -0.1) is 11.3 Å². The number of rotatable bonds is 3. The molecule has 4 nitrogen and oxygen atoms in total. The largest absolute Gasteiger partial charge is 0.358 e. The van der Waals surface area contributed by atoms with Crippen molar-refractivity contribution in [2.75, 3.05) is 18.9 Å². The third-order valence-electron chi connectivity index (χ3n) is 1.71. The first-order valence-corrected chi connectivity index (χ1v) is 4.83. The number of nitrogens with one attached hydrogen (secondary N) is 2. The number of amides is 1. The molecule has 0 aliphatic heterocycles. The summed E-state index contributed by atoms with van der Waals surface area (Å²) in [6.45, 7) is 4.25. The highest BCUT2D eigenvalue weighted by atomic mass is 32.1. The normalized spacial score (nSPS) is 9.77. The second-order valence-electron chi connectivity index (χ2n) is 2.69. The molecule has 13 heavy (non-hydrogen) atoms. The number of nitrogens with zero attached hydrogens (tertiary/aromatic N) is 1. The van der Waals surface area contributed by atoms with Crippen molar-refractivity contribution in [3.8, 4) is 0 Å². The van der Waals surface area contributed by atoms with Gasteiger partial charge in [-0.2, -0.15) is 0 Å². The summed E-state index contributed by atoms with van der Waals surface area (Å²) in [6.07, 6.45) is 0. The fraction of sp³-hybridized carbons (Fsp3) is 0.500. The number of carbonyl (C=O) groups is 1. The third-order valence-corrected chi connectivity index (χ3v) is 2.74. The van der Waals surface area contributed by atoms with Crippen LogP contribution < -0.4 is 10.6 Å². The summed E-state index contributed by atoms with van der Waals surface area (Å²) >= 11 is 1.56. The van der Waals surface area contributed by atoms with E-state index in [0.29, 0.717) is 0 Å². The van der Waals surface area contributed by atoms with E-state index in [0.717, 1.165) is 10.8 Å². The van der Waals surface area contributed by atoms with Gasteiger partial charge in [-0.05, 0) is 13.8 Å². The standard InChI is InChI=1S/C8H13N3OS/c1-5-6(2)13-8(11-5)10-4-7(12)9-3/h4H2,1-3H3,(H,9,12)(H,10,11). The van der Waals surface area contributed by atoms with Crippen LogP contribution in [0.3, 0.4) is 0 Å². The Morgan fingerprint density at radius 3 is 2.69 bits per heavy atom. The zero-order chi connectivity index (χ0) is 9.84. The highest BCUT2D eigenvalue weighted by Gasteiger charge is 2.03. The van der Waals surface area contributed by atoms with E-state index in [2.05, 4.69) is 15.6 Å². The predicted octanol–water partition coefficient (Wildman–Crippen LogP) is 0.918. The predicted molar refractivity (Wildman–Crippen MR) is 54.1 cm³/mol. The van der Waals surface area contributed by atoms with E-state index in [1.54, 1.807) is 18.4 Å². The lowest BCUT2D eigenvalue weighted by Gasteiger charge is -1.99. The van der Waals surface area contributed by atoms with Crippen molar-refractivity contribution in [2.24, 2.45) is 0 Å². The maximum absolute atomic E-state index is 10.9. The molecule has 0 aromatic carbocycles. The molecule has 1 amide bonds. The molecule has 0 unspecified atom stereocenters. The van der Waals surface area contributed by atoms with Gasteiger partial charge in [-0.1, -0.05) is 0 Å². The Kier molecular flexibility index (Phi) is 3.25. The molecule has 0 aliphatic carbocycles. The van der Waals surface area contributed by atoms with Crippen LogP contribution in [0.15, 0.2) is 0 Å². The molecular formula is C8H13N3OS. The van der Waals surface area contributed by atoms with Crippen molar-refractivity contribution in [2.45, 2.75) is 13.8 Å². The van der Waals surface area contributed by atoms with E-state index in [1.807, 2.05) is 13.8 Å². The molecule has 0 fully saturated rings. The summed E-state index contributed by atoms with van der Waals surface area (Å²) in [5.74, 6) is -0.0366. The van der Waals surface area contributed by atoms with E-state index < -0.39 is 0 Å². The molecule has 2 N–H and O–H groups in total. The molecule has 0 aliphatic rings. The molecule has 72 valence electrons. The summed E-state index contributed by atoms with van der Waals surface area (Å²) < 4.78 is 0. The van der Waals surface area contributed by atoms with E-state index in [-0.39, 0.29) is 12.5 Å². The van der Waals surface area contributed by atoms with Gasteiger partial charge in [0.1, 0.15) is 0 Å². The topological polar surface area (TPSA) is 54.0 Å². The van der Waals surface area contributed by atoms with Crippen LogP contribution in [0.2, 0.25) is 0 Å². The third kappa shape index (κ3) is 2.69. The lowest BCUT2D eigenvalue weighted by molar-refractivity contribution is -0.118. The van der Waals surface area contributed by atoms with Crippen molar-refractivity contribution in [3.63, 3.8) is 0 Å². The van der Waals surface area contributed by atoms with Crippen LogP contribution in [-0.4, -0.2) is 24.5 Å². The molecular weight excluding hydrogens is 186 g/mol. The minimum atomic E-state index is -0.0366. The van der Waals surface area contributed by atoms with Crippen LogP contribution >= 0.6 is 11.3 Å². The Morgan fingerprint density at radius 1 is 1.54 bits per heavy atom. The first-order valence-electron chi connectivity index (χ1n) is 4.02. The number of likely N-dealkylation sites (N-methyl/N-ethyl adjacent to an activating group) is 1. The van der Waals surface area contributed by atoms with E-state index in [9.17, 15) is 4.79 Å². The molecule has 0 saturated heterocycles. The molecule has 0 bridgehead atoms. The lowest BCUT2D eigenvalue weighted by atomic mass is 10.4. The van der Waals surface area contributed by atoms with E-state index in [4.69, 9.17) is 0 Å². The van der Waals surface area contributed by atoms with Crippen LogP contribution in [0.5, 0.6) is 0 Å². The Hall–Kier alpha value is -1.10. The highest BCUT2D eigenvalue weighted by molar-refractivity contribution is 7.15. The van der Waals surface area contributed by atoms with Gasteiger partial charge in [0.05, 0.1) is 12.2 Å². The Balaban J connectivity index is 2.50. The number of anilines is 1. The van der Waals surface area contributed by atoms with Gasteiger partial charge >= 0.3 is 0 Å². The maximum Gasteiger partial charge on any atom is 0.239 e.